The third-order valence-electron chi connectivity index (χ3n) is 4.83. The molecule has 6 bridgehead atoms. The molecule has 0 radical (unpaired) electrons. The minimum absolute atomic E-state index is 0. The number of hydrogen-bond acceptors (Lipinski definition) is 1. The summed E-state index contributed by atoms with van der Waals surface area (Å²) in [7, 11) is 0. The molecule has 4 aromatic carbocycles. The van der Waals surface area contributed by atoms with Crippen LogP contribution in [0.25, 0.3) is 16.8 Å². The van der Waals surface area contributed by atoms with E-state index in [2.05, 4.69) is 107 Å². The fourth-order valence-corrected chi connectivity index (χ4v) is 5.01. The van der Waals surface area contributed by atoms with E-state index < -0.39 is 0 Å². The van der Waals surface area contributed by atoms with Crippen molar-refractivity contribution in [1.82, 2.24) is 0 Å². The summed E-state index contributed by atoms with van der Waals surface area (Å²) < 4.78 is 1.16. The predicted octanol–water partition coefficient (Wildman–Crippen LogP) is 1.44. The standard InChI is InChI=1S/C15H9S.C9H6Br.2ClH.Zr/c1-2-13-12-8-9-14(13)15(3-1)16-11-6-4-10(12)5-7-11;10-9-5-7-3-1-2-4-8(7)6-9;;;/h1-7,9,12H;1-6H;2*1H;/q2*-1;;;+4/p-2. The Labute approximate surface area is 215 Å². The maximum atomic E-state index is 3.47. The summed E-state index contributed by atoms with van der Waals surface area (Å²) in [5, 5.41) is 2.60. The average Bonchev–Trinajstić information content (AvgIpc) is 3.27. The third-order valence-corrected chi connectivity index (χ3v) is 6.37. The van der Waals surface area contributed by atoms with Gasteiger partial charge in [0.05, 0.1) is 0 Å². The van der Waals surface area contributed by atoms with Crippen LogP contribution in [0.3, 0.4) is 0 Å². The summed E-state index contributed by atoms with van der Waals surface area (Å²) in [6.45, 7) is 0. The molecule has 0 saturated heterocycles. The van der Waals surface area contributed by atoms with Crippen molar-refractivity contribution >= 4 is 44.5 Å². The van der Waals surface area contributed by atoms with Crippen LogP contribution in [0.5, 0.6) is 0 Å². The molecule has 5 heteroatoms. The van der Waals surface area contributed by atoms with E-state index in [4.69, 9.17) is 0 Å². The Balaban J connectivity index is 0.000000204. The minimum atomic E-state index is 0. The second kappa shape index (κ2) is 10.6. The number of hydrogen-bond donors (Lipinski definition) is 0. The second-order valence-corrected chi connectivity index (χ2v) is 8.51. The average molecular weight is 577 g/mol. The van der Waals surface area contributed by atoms with Gasteiger partial charge in [-0.1, -0.05) is 73.2 Å². The molecule has 0 fully saturated rings. The Morgan fingerprint density at radius 3 is 2.41 bits per heavy atom. The maximum Gasteiger partial charge on any atom is 4.00 e. The third kappa shape index (κ3) is 4.97. The molecular weight excluding hydrogens is 562 g/mol. The summed E-state index contributed by atoms with van der Waals surface area (Å²) in [6.07, 6.45) is 5.62. The topological polar surface area (TPSA) is 0 Å². The van der Waals surface area contributed by atoms with Crippen molar-refractivity contribution in [2.24, 2.45) is 0 Å². The predicted molar refractivity (Wildman–Crippen MR) is 114 cm³/mol. The molecule has 0 saturated carbocycles. The summed E-state index contributed by atoms with van der Waals surface area (Å²) in [4.78, 5) is 2.66. The summed E-state index contributed by atoms with van der Waals surface area (Å²) in [5.41, 5.74) is 4.11. The number of fused-ring (bicyclic) bond motifs is 3. The fraction of sp³-hybridized carbons (Fsp3) is 0.0417. The van der Waals surface area contributed by atoms with Crippen LogP contribution in [-0.2, 0) is 26.2 Å². The van der Waals surface area contributed by atoms with E-state index in [9.17, 15) is 0 Å². The van der Waals surface area contributed by atoms with Gasteiger partial charge in [-0.15, -0.1) is 52.4 Å². The number of rotatable bonds is 0. The van der Waals surface area contributed by atoms with E-state index in [0.29, 0.717) is 5.92 Å². The Bertz CT molecular complexity index is 1100. The Morgan fingerprint density at radius 1 is 0.897 bits per heavy atom. The number of halogens is 3. The van der Waals surface area contributed by atoms with E-state index in [1.165, 1.54) is 37.3 Å². The van der Waals surface area contributed by atoms with Gasteiger partial charge in [-0.3, -0.25) is 6.08 Å². The summed E-state index contributed by atoms with van der Waals surface area (Å²) in [5.74, 6) is 0.336. The van der Waals surface area contributed by atoms with Crippen LogP contribution in [0.2, 0.25) is 0 Å². The molecule has 4 aromatic rings. The van der Waals surface area contributed by atoms with Gasteiger partial charge in [-0.2, -0.15) is 11.6 Å². The first kappa shape index (κ1) is 24.6. The van der Waals surface area contributed by atoms with Crippen molar-refractivity contribution in [3.05, 3.63) is 106 Å². The molecular formula is C24H15BrCl2SZr. The van der Waals surface area contributed by atoms with E-state index in [-0.39, 0.29) is 51.0 Å². The van der Waals surface area contributed by atoms with E-state index >= 15 is 0 Å². The first-order valence-corrected chi connectivity index (χ1v) is 10.2. The first-order chi connectivity index (χ1) is 12.8. The van der Waals surface area contributed by atoms with Gasteiger partial charge in [-0.25, -0.2) is 6.08 Å². The van der Waals surface area contributed by atoms with Crippen LogP contribution in [-0.4, -0.2) is 0 Å². The van der Waals surface area contributed by atoms with Gasteiger partial charge in [0, 0.05) is 4.90 Å². The number of allylic oxidation sites excluding steroid dienone is 1. The van der Waals surface area contributed by atoms with Gasteiger partial charge in [0.2, 0.25) is 0 Å². The molecule has 0 nitrogen and oxygen atoms in total. The van der Waals surface area contributed by atoms with Crippen LogP contribution in [0.4, 0.5) is 0 Å². The van der Waals surface area contributed by atoms with Gasteiger partial charge in [0.25, 0.3) is 0 Å². The Kier molecular flexibility index (Phi) is 8.94. The van der Waals surface area contributed by atoms with Crippen LogP contribution in [0.15, 0.2) is 93.1 Å². The largest absolute Gasteiger partial charge is 4.00 e. The molecule has 1 aliphatic carbocycles. The van der Waals surface area contributed by atoms with Crippen molar-refractivity contribution in [3.63, 3.8) is 0 Å². The smallest absolute Gasteiger partial charge is 1.00 e. The Morgan fingerprint density at radius 2 is 1.66 bits per heavy atom. The molecule has 0 N–H and O–H groups in total. The van der Waals surface area contributed by atoms with Crippen molar-refractivity contribution < 1.29 is 51.0 Å². The zero-order valence-electron chi connectivity index (χ0n) is 15.2. The quantitative estimate of drug-likeness (QED) is 0.286. The van der Waals surface area contributed by atoms with Crippen molar-refractivity contribution in [3.8, 4) is 0 Å². The van der Waals surface area contributed by atoms with Crippen LogP contribution < -0.4 is 24.8 Å². The van der Waals surface area contributed by atoms with E-state index in [1.54, 1.807) is 0 Å². The Hall–Kier alpha value is -0.697. The molecule has 0 spiro atoms. The van der Waals surface area contributed by atoms with Gasteiger partial charge in [-0.05, 0) is 12.1 Å². The number of benzene rings is 3. The van der Waals surface area contributed by atoms with E-state index in [1.807, 2.05) is 11.8 Å². The molecule has 0 aromatic heterocycles. The van der Waals surface area contributed by atoms with Gasteiger partial charge >= 0.3 is 26.2 Å². The maximum absolute atomic E-state index is 3.47. The monoisotopic (exact) mass is 574 g/mol. The normalized spacial score (nSPS) is 14.3. The van der Waals surface area contributed by atoms with Gasteiger partial charge < -0.3 is 24.8 Å². The van der Waals surface area contributed by atoms with Crippen LogP contribution in [0.1, 0.15) is 22.6 Å². The molecule has 1 unspecified atom stereocenters. The molecule has 0 amide bonds. The molecule has 3 aliphatic rings. The zero-order valence-corrected chi connectivity index (χ0v) is 21.6. The van der Waals surface area contributed by atoms with Crippen LogP contribution >= 0.6 is 27.7 Å². The zero-order chi connectivity index (χ0) is 17.5. The van der Waals surface area contributed by atoms with Gasteiger partial charge in [0.15, 0.2) is 0 Å². The molecule has 1 atom stereocenters. The molecule has 2 aliphatic heterocycles. The summed E-state index contributed by atoms with van der Waals surface area (Å²) >= 11 is 5.27. The van der Waals surface area contributed by atoms with Crippen LogP contribution in [0, 0.1) is 6.08 Å². The SMILES string of the molecule is Brc1cc2ccccc2[cH-]1.[C-]1=Cc2c3cccc2C1c1ccc(cc1)S3.[Cl-].[Cl-].[Zr+4]. The molecule has 2 heterocycles. The minimum Gasteiger partial charge on any atom is -1.00 e. The van der Waals surface area contributed by atoms with Crippen molar-refractivity contribution in [2.75, 3.05) is 0 Å². The second-order valence-electron chi connectivity index (χ2n) is 6.48. The molecule has 29 heavy (non-hydrogen) atoms. The van der Waals surface area contributed by atoms with Gasteiger partial charge in [0.1, 0.15) is 0 Å². The first-order valence-electron chi connectivity index (χ1n) is 8.59. The fourth-order valence-electron chi connectivity index (χ4n) is 3.56. The molecule has 142 valence electrons. The van der Waals surface area contributed by atoms with Crippen molar-refractivity contribution in [2.45, 2.75) is 15.7 Å². The summed E-state index contributed by atoms with van der Waals surface area (Å²) in [6, 6.07) is 28.0. The van der Waals surface area contributed by atoms with E-state index in [0.717, 1.165) is 4.47 Å². The van der Waals surface area contributed by atoms with Crippen molar-refractivity contribution in [1.29, 1.82) is 0 Å². The molecule has 7 rings (SSSR count).